The highest BCUT2D eigenvalue weighted by atomic mass is 16.6. The highest BCUT2D eigenvalue weighted by Gasteiger charge is 2.28. The lowest BCUT2D eigenvalue weighted by atomic mass is 10.0. The first-order chi connectivity index (χ1) is 8.70. The second-order valence-corrected chi connectivity index (χ2v) is 4.87. The molecular formula is C12H17N3O4. The summed E-state index contributed by atoms with van der Waals surface area (Å²) < 4.78 is 0. The molecule has 1 aromatic carbocycles. The zero-order valence-corrected chi connectivity index (χ0v) is 11.1. The van der Waals surface area contributed by atoms with Crippen molar-refractivity contribution in [3.05, 3.63) is 33.9 Å². The van der Waals surface area contributed by atoms with Gasteiger partial charge in [-0.2, -0.15) is 0 Å². The van der Waals surface area contributed by atoms with E-state index in [4.69, 9.17) is 5.73 Å². The van der Waals surface area contributed by atoms with E-state index in [9.17, 15) is 20.0 Å². The van der Waals surface area contributed by atoms with Crippen molar-refractivity contribution in [2.75, 3.05) is 19.4 Å². The van der Waals surface area contributed by atoms with Gasteiger partial charge in [0, 0.05) is 18.7 Å². The minimum Gasteiger partial charge on any atom is -0.394 e. The Morgan fingerprint density at radius 1 is 1.53 bits per heavy atom. The first-order valence-corrected chi connectivity index (χ1v) is 5.63. The zero-order valence-electron chi connectivity index (χ0n) is 11.1. The number of nitro groups is 1. The summed E-state index contributed by atoms with van der Waals surface area (Å²) in [5, 5.41) is 19.9. The van der Waals surface area contributed by atoms with Gasteiger partial charge in [0.2, 0.25) is 0 Å². The van der Waals surface area contributed by atoms with Crippen molar-refractivity contribution >= 4 is 17.3 Å². The maximum absolute atomic E-state index is 12.2. The number of anilines is 1. The standard InChI is InChI=1S/C12H17N3O4/c1-12(2,7-16)14(3)11(17)8-4-5-10(15(18)19)9(13)6-8/h4-6,16H,7,13H2,1-3H3. The van der Waals surface area contributed by atoms with E-state index in [1.807, 2.05) is 0 Å². The van der Waals surface area contributed by atoms with E-state index in [1.165, 1.54) is 23.1 Å². The molecule has 0 fully saturated rings. The van der Waals surface area contributed by atoms with Crippen LogP contribution in [0.25, 0.3) is 0 Å². The lowest BCUT2D eigenvalue weighted by Gasteiger charge is -2.34. The number of hydrogen-bond donors (Lipinski definition) is 2. The summed E-state index contributed by atoms with van der Waals surface area (Å²) in [6, 6.07) is 3.81. The fourth-order valence-electron chi connectivity index (χ4n) is 1.43. The van der Waals surface area contributed by atoms with Crippen LogP contribution in [0.15, 0.2) is 18.2 Å². The van der Waals surface area contributed by atoms with Crippen LogP contribution in [0.2, 0.25) is 0 Å². The first kappa shape index (κ1) is 14.9. The molecule has 0 aliphatic heterocycles. The third kappa shape index (κ3) is 3.00. The van der Waals surface area contributed by atoms with E-state index < -0.39 is 10.5 Å². The molecule has 1 aromatic rings. The van der Waals surface area contributed by atoms with Gasteiger partial charge in [-0.05, 0) is 26.0 Å². The van der Waals surface area contributed by atoms with Crippen LogP contribution in [0.4, 0.5) is 11.4 Å². The Hall–Kier alpha value is -2.15. The predicted octanol–water partition coefficient (Wildman–Crippen LogP) is 1.02. The minimum absolute atomic E-state index is 0.0638. The molecule has 0 aliphatic rings. The first-order valence-electron chi connectivity index (χ1n) is 5.63. The molecule has 7 nitrogen and oxygen atoms in total. The number of nitrogens with two attached hydrogens (primary N) is 1. The zero-order chi connectivity index (χ0) is 14.8. The number of amides is 1. The quantitative estimate of drug-likeness (QED) is 0.481. The summed E-state index contributed by atoms with van der Waals surface area (Å²) in [5.74, 6) is -0.361. The van der Waals surface area contributed by atoms with Crippen molar-refractivity contribution in [2.45, 2.75) is 19.4 Å². The van der Waals surface area contributed by atoms with Gasteiger partial charge in [0.05, 0.1) is 17.1 Å². The van der Waals surface area contributed by atoms with Crippen molar-refractivity contribution in [1.82, 2.24) is 4.90 Å². The molecule has 1 amide bonds. The molecule has 104 valence electrons. The highest BCUT2D eigenvalue weighted by molar-refractivity contribution is 5.96. The van der Waals surface area contributed by atoms with Crippen LogP contribution in [-0.4, -0.2) is 40.0 Å². The number of carbonyl (C=O) groups is 1. The van der Waals surface area contributed by atoms with Gasteiger partial charge in [-0.1, -0.05) is 0 Å². The Kier molecular flexibility index (Phi) is 4.10. The van der Waals surface area contributed by atoms with E-state index in [2.05, 4.69) is 0 Å². The maximum atomic E-state index is 12.2. The number of nitro benzene ring substituents is 1. The molecule has 19 heavy (non-hydrogen) atoms. The Balaban J connectivity index is 3.08. The number of nitrogens with zero attached hydrogens (tertiary/aromatic N) is 2. The number of nitrogen functional groups attached to an aromatic ring is 1. The summed E-state index contributed by atoms with van der Waals surface area (Å²) in [6.07, 6.45) is 0. The molecule has 0 atom stereocenters. The number of rotatable bonds is 4. The molecular weight excluding hydrogens is 250 g/mol. The summed E-state index contributed by atoms with van der Waals surface area (Å²) >= 11 is 0. The number of carbonyl (C=O) groups excluding carboxylic acids is 1. The van der Waals surface area contributed by atoms with Crippen LogP contribution < -0.4 is 5.73 Å². The van der Waals surface area contributed by atoms with Crippen molar-refractivity contribution in [1.29, 1.82) is 0 Å². The molecule has 0 unspecified atom stereocenters. The molecule has 0 heterocycles. The maximum Gasteiger partial charge on any atom is 0.292 e. The van der Waals surface area contributed by atoms with Crippen molar-refractivity contribution < 1.29 is 14.8 Å². The average molecular weight is 267 g/mol. The van der Waals surface area contributed by atoms with E-state index >= 15 is 0 Å². The molecule has 1 rings (SSSR count). The lowest BCUT2D eigenvalue weighted by molar-refractivity contribution is -0.383. The van der Waals surface area contributed by atoms with E-state index in [1.54, 1.807) is 20.9 Å². The molecule has 0 bridgehead atoms. The summed E-state index contributed by atoms with van der Waals surface area (Å²) in [6.45, 7) is 3.22. The average Bonchev–Trinajstić information content (AvgIpc) is 2.36. The second-order valence-electron chi connectivity index (χ2n) is 4.87. The molecule has 0 saturated heterocycles. The molecule has 7 heteroatoms. The van der Waals surface area contributed by atoms with Gasteiger partial charge in [0.15, 0.2) is 0 Å². The van der Waals surface area contributed by atoms with Gasteiger partial charge in [0.1, 0.15) is 5.69 Å². The molecule has 0 aliphatic carbocycles. The molecule has 0 aromatic heterocycles. The van der Waals surface area contributed by atoms with Crippen molar-refractivity contribution in [3.63, 3.8) is 0 Å². The Morgan fingerprint density at radius 3 is 2.53 bits per heavy atom. The predicted molar refractivity (Wildman–Crippen MR) is 70.8 cm³/mol. The number of aliphatic hydroxyl groups excluding tert-OH is 1. The summed E-state index contributed by atoms with van der Waals surface area (Å²) in [4.78, 5) is 23.6. The van der Waals surface area contributed by atoms with Crippen LogP contribution in [0, 0.1) is 10.1 Å². The SMILES string of the molecule is CN(C(=O)c1ccc([N+](=O)[O-])c(N)c1)C(C)(C)CO. The monoisotopic (exact) mass is 267 g/mol. The Labute approximate surface area is 110 Å². The van der Waals surface area contributed by atoms with Gasteiger partial charge in [-0.25, -0.2) is 0 Å². The van der Waals surface area contributed by atoms with E-state index in [0.717, 1.165) is 0 Å². The van der Waals surface area contributed by atoms with Gasteiger partial charge in [-0.15, -0.1) is 0 Å². The van der Waals surface area contributed by atoms with Gasteiger partial charge >= 0.3 is 0 Å². The van der Waals surface area contributed by atoms with Crippen molar-refractivity contribution in [2.24, 2.45) is 0 Å². The van der Waals surface area contributed by atoms with Gasteiger partial charge in [-0.3, -0.25) is 14.9 Å². The fourth-order valence-corrected chi connectivity index (χ4v) is 1.43. The highest BCUT2D eigenvalue weighted by Crippen LogP contribution is 2.24. The van der Waals surface area contributed by atoms with E-state index in [-0.39, 0.29) is 29.5 Å². The van der Waals surface area contributed by atoms with Gasteiger partial charge < -0.3 is 15.7 Å². The number of hydrogen-bond acceptors (Lipinski definition) is 5. The second kappa shape index (κ2) is 5.23. The van der Waals surface area contributed by atoms with E-state index in [0.29, 0.717) is 0 Å². The smallest absolute Gasteiger partial charge is 0.292 e. The molecule has 0 saturated carbocycles. The third-order valence-electron chi connectivity index (χ3n) is 3.07. The fraction of sp³-hybridized carbons (Fsp3) is 0.417. The Bertz CT molecular complexity index is 514. The van der Waals surface area contributed by atoms with Crippen molar-refractivity contribution in [3.8, 4) is 0 Å². The normalized spacial score (nSPS) is 11.2. The van der Waals surface area contributed by atoms with Crippen LogP contribution in [0.5, 0.6) is 0 Å². The lowest BCUT2D eigenvalue weighted by Crippen LogP contribution is -2.47. The van der Waals surface area contributed by atoms with Crippen LogP contribution in [0.3, 0.4) is 0 Å². The third-order valence-corrected chi connectivity index (χ3v) is 3.07. The Morgan fingerprint density at radius 2 is 2.11 bits per heavy atom. The topological polar surface area (TPSA) is 110 Å². The summed E-state index contributed by atoms with van der Waals surface area (Å²) in [5.41, 5.74) is 4.75. The van der Waals surface area contributed by atoms with Crippen LogP contribution >= 0.6 is 0 Å². The number of likely N-dealkylation sites (N-methyl/N-ethyl adjacent to an activating group) is 1. The summed E-state index contributed by atoms with van der Waals surface area (Å²) in [7, 11) is 1.55. The molecule has 0 radical (unpaired) electrons. The number of benzene rings is 1. The molecule has 3 N–H and O–H groups in total. The number of aliphatic hydroxyl groups is 1. The van der Waals surface area contributed by atoms with Crippen LogP contribution in [0.1, 0.15) is 24.2 Å². The van der Waals surface area contributed by atoms with Crippen LogP contribution in [-0.2, 0) is 0 Å². The van der Waals surface area contributed by atoms with Gasteiger partial charge in [0.25, 0.3) is 11.6 Å². The largest absolute Gasteiger partial charge is 0.394 e. The molecule has 0 spiro atoms. The minimum atomic E-state index is -0.729.